The number of hydrogen-bond acceptors (Lipinski definition) is 3. The van der Waals surface area contributed by atoms with Crippen LogP contribution < -0.4 is 10.6 Å². The van der Waals surface area contributed by atoms with Crippen molar-refractivity contribution in [2.45, 2.75) is 31.7 Å². The van der Waals surface area contributed by atoms with Crippen molar-refractivity contribution in [3.8, 4) is 0 Å². The summed E-state index contributed by atoms with van der Waals surface area (Å²) in [7, 11) is 0. The van der Waals surface area contributed by atoms with Gasteiger partial charge in [0.2, 0.25) is 11.8 Å². The van der Waals surface area contributed by atoms with E-state index in [1.54, 1.807) is 0 Å². The molecule has 1 aliphatic carbocycles. The quantitative estimate of drug-likeness (QED) is 0.875. The smallest absolute Gasteiger partial charge is 0.234 e. The van der Waals surface area contributed by atoms with Crippen LogP contribution in [0.4, 0.5) is 0 Å². The van der Waals surface area contributed by atoms with Gasteiger partial charge in [-0.2, -0.15) is 0 Å². The highest BCUT2D eigenvalue weighted by atomic mass is 16.2. The number of amides is 2. The van der Waals surface area contributed by atoms with Crippen LogP contribution in [0.1, 0.15) is 36.4 Å². The molecule has 0 bridgehead atoms. The van der Waals surface area contributed by atoms with Crippen LogP contribution in [0.15, 0.2) is 24.3 Å². The first-order valence-electron chi connectivity index (χ1n) is 8.08. The minimum atomic E-state index is 0.0519. The van der Waals surface area contributed by atoms with E-state index in [9.17, 15) is 9.59 Å². The van der Waals surface area contributed by atoms with Crippen LogP contribution in [0.2, 0.25) is 0 Å². The summed E-state index contributed by atoms with van der Waals surface area (Å²) in [6, 6.07) is 8.50. The van der Waals surface area contributed by atoms with Gasteiger partial charge in [0.1, 0.15) is 0 Å². The van der Waals surface area contributed by atoms with Crippen LogP contribution >= 0.6 is 0 Å². The van der Waals surface area contributed by atoms with E-state index >= 15 is 0 Å². The second kappa shape index (κ2) is 6.92. The van der Waals surface area contributed by atoms with Crippen molar-refractivity contribution in [2.24, 2.45) is 0 Å². The van der Waals surface area contributed by atoms with Crippen molar-refractivity contribution >= 4 is 11.8 Å². The summed E-state index contributed by atoms with van der Waals surface area (Å²) < 4.78 is 0. The number of carbonyl (C=O) groups is 2. The molecule has 0 radical (unpaired) electrons. The zero-order chi connectivity index (χ0) is 15.4. The van der Waals surface area contributed by atoms with Crippen LogP contribution in [0.3, 0.4) is 0 Å². The van der Waals surface area contributed by atoms with Gasteiger partial charge < -0.3 is 10.6 Å². The lowest BCUT2D eigenvalue weighted by atomic mass is 9.88. The maximum Gasteiger partial charge on any atom is 0.234 e. The maximum absolute atomic E-state index is 12.3. The Balaban J connectivity index is 1.57. The summed E-state index contributed by atoms with van der Waals surface area (Å²) in [6.07, 6.45) is 3.69. The zero-order valence-corrected chi connectivity index (χ0v) is 12.8. The first kappa shape index (κ1) is 15.0. The molecule has 1 aliphatic heterocycles. The molecule has 0 unspecified atom stereocenters. The number of hydrogen-bond donors (Lipinski definition) is 2. The van der Waals surface area contributed by atoms with E-state index in [2.05, 4.69) is 28.8 Å². The first-order chi connectivity index (χ1) is 10.7. The molecule has 2 aliphatic rings. The molecule has 0 spiro atoms. The molecule has 5 nitrogen and oxygen atoms in total. The number of nitrogens with zero attached hydrogens (tertiary/aromatic N) is 1. The number of fused-ring (bicyclic) bond motifs is 1. The Morgan fingerprint density at radius 2 is 2.14 bits per heavy atom. The molecule has 118 valence electrons. The summed E-state index contributed by atoms with van der Waals surface area (Å²) in [4.78, 5) is 25.7. The monoisotopic (exact) mass is 301 g/mol. The van der Waals surface area contributed by atoms with Crippen molar-refractivity contribution < 1.29 is 9.59 Å². The van der Waals surface area contributed by atoms with E-state index < -0.39 is 0 Å². The zero-order valence-electron chi connectivity index (χ0n) is 12.8. The molecule has 2 amide bonds. The predicted molar refractivity (Wildman–Crippen MR) is 84.3 cm³/mol. The molecule has 1 aromatic carbocycles. The van der Waals surface area contributed by atoms with E-state index in [1.165, 1.54) is 11.1 Å². The van der Waals surface area contributed by atoms with Gasteiger partial charge in [-0.1, -0.05) is 24.3 Å². The first-order valence-corrected chi connectivity index (χ1v) is 8.08. The van der Waals surface area contributed by atoms with E-state index in [0.717, 1.165) is 25.8 Å². The normalized spacial score (nSPS) is 22.4. The van der Waals surface area contributed by atoms with Crippen molar-refractivity contribution in [1.29, 1.82) is 0 Å². The second-order valence-electron chi connectivity index (χ2n) is 6.09. The topological polar surface area (TPSA) is 61.4 Å². The lowest BCUT2D eigenvalue weighted by Crippen LogP contribution is -2.41. The molecule has 0 aromatic heterocycles. The molecule has 1 atom stereocenters. The maximum atomic E-state index is 12.3. The van der Waals surface area contributed by atoms with Gasteiger partial charge in [-0.15, -0.1) is 0 Å². The Labute approximate surface area is 131 Å². The molecular weight excluding hydrogens is 278 g/mol. The molecule has 2 N–H and O–H groups in total. The van der Waals surface area contributed by atoms with Gasteiger partial charge >= 0.3 is 0 Å². The minimum Gasteiger partial charge on any atom is -0.355 e. The summed E-state index contributed by atoms with van der Waals surface area (Å²) in [5, 5.41) is 6.00. The van der Waals surface area contributed by atoms with Gasteiger partial charge in [-0.3, -0.25) is 14.5 Å². The number of benzene rings is 1. The molecule has 1 aromatic rings. The van der Waals surface area contributed by atoms with Crippen LogP contribution in [-0.2, 0) is 16.0 Å². The fourth-order valence-electron chi connectivity index (χ4n) is 3.32. The van der Waals surface area contributed by atoms with Crippen molar-refractivity contribution in [3.63, 3.8) is 0 Å². The molecule has 3 rings (SSSR count). The van der Waals surface area contributed by atoms with Crippen molar-refractivity contribution in [3.05, 3.63) is 35.4 Å². The Bertz CT molecular complexity index is 559. The molecule has 22 heavy (non-hydrogen) atoms. The third-order valence-electron chi connectivity index (χ3n) is 4.48. The summed E-state index contributed by atoms with van der Waals surface area (Å²) >= 11 is 0. The van der Waals surface area contributed by atoms with Crippen LogP contribution in [-0.4, -0.2) is 42.9 Å². The van der Waals surface area contributed by atoms with Gasteiger partial charge in [0.05, 0.1) is 12.6 Å². The van der Waals surface area contributed by atoms with Gasteiger partial charge in [-0.05, 0) is 30.4 Å². The van der Waals surface area contributed by atoms with Gasteiger partial charge in [0, 0.05) is 26.1 Å². The second-order valence-corrected chi connectivity index (χ2v) is 6.09. The van der Waals surface area contributed by atoms with Crippen molar-refractivity contribution in [1.82, 2.24) is 15.5 Å². The number of nitrogens with one attached hydrogen (secondary N) is 2. The SMILES string of the molecule is O=C1CCN(CC(=O)N[C@H]2CCCc3ccccc32)CCN1. The Morgan fingerprint density at radius 1 is 1.27 bits per heavy atom. The predicted octanol–water partition coefficient (Wildman–Crippen LogP) is 1.00. The minimum absolute atomic E-state index is 0.0519. The van der Waals surface area contributed by atoms with E-state index in [0.29, 0.717) is 26.1 Å². The van der Waals surface area contributed by atoms with Gasteiger partial charge in [0.15, 0.2) is 0 Å². The van der Waals surface area contributed by atoms with Gasteiger partial charge in [0.25, 0.3) is 0 Å². The average Bonchev–Trinajstić information content (AvgIpc) is 2.72. The molecule has 1 saturated heterocycles. The number of rotatable bonds is 3. The summed E-state index contributed by atoms with van der Waals surface area (Å²) in [5.41, 5.74) is 2.61. The van der Waals surface area contributed by atoms with E-state index in [4.69, 9.17) is 0 Å². The highest BCUT2D eigenvalue weighted by molar-refractivity contribution is 5.79. The Kier molecular flexibility index (Phi) is 4.73. The number of carbonyl (C=O) groups excluding carboxylic acids is 2. The summed E-state index contributed by atoms with van der Waals surface area (Å²) in [6.45, 7) is 2.38. The molecule has 0 saturated carbocycles. The Morgan fingerprint density at radius 3 is 3.05 bits per heavy atom. The van der Waals surface area contributed by atoms with Crippen LogP contribution in [0.5, 0.6) is 0 Å². The third-order valence-corrected chi connectivity index (χ3v) is 4.48. The molecule has 1 heterocycles. The molecular formula is C17H23N3O2. The lowest BCUT2D eigenvalue weighted by molar-refractivity contribution is -0.124. The summed E-state index contributed by atoms with van der Waals surface area (Å²) in [5.74, 6) is 0.125. The Hall–Kier alpha value is -1.88. The fraction of sp³-hybridized carbons (Fsp3) is 0.529. The largest absolute Gasteiger partial charge is 0.355 e. The highest BCUT2D eigenvalue weighted by Crippen LogP contribution is 2.29. The number of aryl methyl sites for hydroxylation is 1. The highest BCUT2D eigenvalue weighted by Gasteiger charge is 2.22. The van der Waals surface area contributed by atoms with E-state index in [1.807, 2.05) is 11.0 Å². The van der Waals surface area contributed by atoms with E-state index in [-0.39, 0.29) is 17.9 Å². The van der Waals surface area contributed by atoms with Crippen LogP contribution in [0.25, 0.3) is 0 Å². The van der Waals surface area contributed by atoms with Gasteiger partial charge in [-0.25, -0.2) is 0 Å². The fourth-order valence-corrected chi connectivity index (χ4v) is 3.32. The van der Waals surface area contributed by atoms with Crippen LogP contribution in [0, 0.1) is 0 Å². The lowest BCUT2D eigenvalue weighted by Gasteiger charge is -2.27. The molecule has 1 fully saturated rings. The molecule has 5 heteroatoms. The standard InChI is InChI=1S/C17H23N3O2/c21-16-8-10-20(11-9-18-16)12-17(22)19-15-7-3-5-13-4-1-2-6-14(13)15/h1-2,4,6,15H,3,5,7-12H2,(H,18,21)(H,19,22)/t15-/m0/s1. The van der Waals surface area contributed by atoms with Crippen molar-refractivity contribution in [2.75, 3.05) is 26.2 Å². The average molecular weight is 301 g/mol. The third kappa shape index (κ3) is 3.65.